The van der Waals surface area contributed by atoms with Crippen molar-refractivity contribution in [3.05, 3.63) is 108 Å². The van der Waals surface area contributed by atoms with Crippen LogP contribution in [0.3, 0.4) is 0 Å². The van der Waals surface area contributed by atoms with Crippen LogP contribution in [0.4, 0.5) is 17.1 Å². The van der Waals surface area contributed by atoms with E-state index >= 15 is 0 Å². The van der Waals surface area contributed by atoms with Crippen molar-refractivity contribution in [2.45, 2.75) is 12.8 Å². The van der Waals surface area contributed by atoms with Crippen molar-refractivity contribution in [3.8, 4) is 11.1 Å². The van der Waals surface area contributed by atoms with Gasteiger partial charge in [0, 0.05) is 54.2 Å². The first kappa shape index (κ1) is 24.8. The smallest absolute Gasteiger partial charge is 0.256 e. The zero-order valence-electron chi connectivity index (χ0n) is 21.7. The molecule has 2 aliphatic rings. The third kappa shape index (κ3) is 5.40. The summed E-state index contributed by atoms with van der Waals surface area (Å²) in [4.78, 5) is 34.7. The molecule has 0 radical (unpaired) electrons. The molecule has 2 aliphatic heterocycles. The lowest BCUT2D eigenvalue weighted by atomic mass is 9.98. The largest absolute Gasteiger partial charge is 0.378 e. The summed E-state index contributed by atoms with van der Waals surface area (Å²) in [5.74, 6) is -0.137. The van der Waals surface area contributed by atoms with Gasteiger partial charge in [0.05, 0.1) is 19.6 Å². The number of hydrogen-bond donors (Lipinski definition) is 1. The highest BCUT2D eigenvalue weighted by Crippen LogP contribution is 2.32. The van der Waals surface area contributed by atoms with Crippen LogP contribution in [0.2, 0.25) is 0 Å². The Hall–Kier alpha value is -4.49. The number of carbonyl (C=O) groups is 2. The Morgan fingerprint density at radius 2 is 1.67 bits per heavy atom. The lowest BCUT2D eigenvalue weighted by molar-refractivity contribution is -0.117. The van der Waals surface area contributed by atoms with E-state index in [0.29, 0.717) is 12.1 Å². The zero-order chi connectivity index (χ0) is 26.6. The number of ether oxygens (including phenoxy) is 1. The fourth-order valence-electron chi connectivity index (χ4n) is 5.30. The number of nitrogens with one attached hydrogen (secondary N) is 1. The molecule has 196 valence electrons. The van der Waals surface area contributed by atoms with Gasteiger partial charge in [0.1, 0.15) is 0 Å². The summed E-state index contributed by atoms with van der Waals surface area (Å²) in [6, 6.07) is 27.4. The molecular formula is C32H30N4O3. The zero-order valence-corrected chi connectivity index (χ0v) is 21.7. The minimum absolute atomic E-state index is 0.0257. The standard InChI is InChI=1S/C32H30N4O3/c37-31(22-25-5-3-4-15-33-25)36-16-14-24-21-26(10-13-30(24)36)34-32(38)29-7-2-1-6-28(29)23-8-11-27(12-9-23)35-17-19-39-20-18-35/h1-13,15,21H,14,16-20,22H2,(H,34,38). The van der Waals surface area contributed by atoms with E-state index in [1.54, 1.807) is 6.20 Å². The SMILES string of the molecule is O=C(Nc1ccc2c(c1)CCN2C(=O)Cc1ccccn1)c1ccccc1-c1ccc(N2CCOCC2)cc1. The number of pyridine rings is 1. The number of fused-ring (bicyclic) bond motifs is 1. The van der Waals surface area contributed by atoms with Crippen molar-refractivity contribution >= 4 is 28.9 Å². The average Bonchev–Trinajstić information content (AvgIpc) is 3.42. The molecule has 1 saturated heterocycles. The quantitative estimate of drug-likeness (QED) is 0.390. The summed E-state index contributed by atoms with van der Waals surface area (Å²) >= 11 is 0. The molecule has 0 bridgehead atoms. The summed E-state index contributed by atoms with van der Waals surface area (Å²) < 4.78 is 5.46. The van der Waals surface area contributed by atoms with Gasteiger partial charge in [-0.1, -0.05) is 36.4 Å². The Balaban J connectivity index is 1.16. The van der Waals surface area contributed by atoms with E-state index in [1.807, 2.05) is 65.6 Å². The molecule has 0 unspecified atom stereocenters. The van der Waals surface area contributed by atoms with Crippen LogP contribution in [-0.4, -0.2) is 49.6 Å². The lowest BCUT2D eigenvalue weighted by Gasteiger charge is -2.29. The molecule has 3 heterocycles. The molecular weight excluding hydrogens is 488 g/mol. The fourth-order valence-corrected chi connectivity index (χ4v) is 5.30. The predicted molar refractivity (Wildman–Crippen MR) is 153 cm³/mol. The molecule has 1 fully saturated rings. The van der Waals surface area contributed by atoms with Gasteiger partial charge in [0.15, 0.2) is 0 Å². The molecule has 0 aliphatic carbocycles. The molecule has 1 N–H and O–H groups in total. The van der Waals surface area contributed by atoms with Crippen molar-refractivity contribution in [1.82, 2.24) is 4.98 Å². The summed E-state index contributed by atoms with van der Waals surface area (Å²) in [5, 5.41) is 3.07. The second-order valence-corrected chi connectivity index (χ2v) is 9.78. The monoisotopic (exact) mass is 518 g/mol. The normalized spacial score (nSPS) is 14.7. The van der Waals surface area contributed by atoms with Gasteiger partial charge in [0.2, 0.25) is 5.91 Å². The highest BCUT2D eigenvalue weighted by molar-refractivity contribution is 6.09. The molecule has 2 amide bonds. The summed E-state index contributed by atoms with van der Waals surface area (Å²) in [5.41, 5.74) is 7.08. The number of benzene rings is 3. The molecule has 0 atom stereocenters. The van der Waals surface area contributed by atoms with Crippen molar-refractivity contribution < 1.29 is 14.3 Å². The number of anilines is 3. The van der Waals surface area contributed by atoms with Gasteiger partial charge in [-0.05, 0) is 71.6 Å². The van der Waals surface area contributed by atoms with Gasteiger partial charge in [-0.3, -0.25) is 14.6 Å². The Morgan fingerprint density at radius 3 is 2.46 bits per heavy atom. The Kier molecular flexibility index (Phi) is 7.06. The first-order valence-corrected chi connectivity index (χ1v) is 13.3. The molecule has 0 spiro atoms. The second-order valence-electron chi connectivity index (χ2n) is 9.78. The van der Waals surface area contributed by atoms with Crippen LogP contribution in [0.1, 0.15) is 21.6 Å². The third-order valence-corrected chi connectivity index (χ3v) is 7.32. The first-order valence-electron chi connectivity index (χ1n) is 13.3. The highest BCUT2D eigenvalue weighted by Gasteiger charge is 2.25. The number of rotatable bonds is 6. The molecule has 0 saturated carbocycles. The van der Waals surface area contributed by atoms with Crippen LogP contribution in [0.25, 0.3) is 11.1 Å². The highest BCUT2D eigenvalue weighted by atomic mass is 16.5. The van der Waals surface area contributed by atoms with Crippen LogP contribution in [-0.2, 0) is 22.4 Å². The van der Waals surface area contributed by atoms with E-state index < -0.39 is 0 Å². The lowest BCUT2D eigenvalue weighted by Crippen LogP contribution is -2.36. The number of carbonyl (C=O) groups excluding carboxylic acids is 2. The minimum atomic E-state index is -0.163. The van der Waals surface area contributed by atoms with Gasteiger partial charge in [-0.15, -0.1) is 0 Å². The molecule has 3 aromatic carbocycles. The van der Waals surface area contributed by atoms with Gasteiger partial charge in [-0.2, -0.15) is 0 Å². The van der Waals surface area contributed by atoms with E-state index in [0.717, 1.165) is 72.2 Å². The molecule has 7 heteroatoms. The number of hydrogen-bond acceptors (Lipinski definition) is 5. The van der Waals surface area contributed by atoms with Gasteiger partial charge >= 0.3 is 0 Å². The summed E-state index contributed by atoms with van der Waals surface area (Å²) in [6.45, 7) is 3.88. The third-order valence-electron chi connectivity index (χ3n) is 7.32. The Morgan fingerprint density at radius 1 is 0.872 bits per heavy atom. The van der Waals surface area contributed by atoms with Crippen LogP contribution < -0.4 is 15.1 Å². The Labute approximate surface area is 228 Å². The van der Waals surface area contributed by atoms with Crippen molar-refractivity contribution in [1.29, 1.82) is 0 Å². The van der Waals surface area contributed by atoms with Crippen LogP contribution in [0.5, 0.6) is 0 Å². The van der Waals surface area contributed by atoms with Gasteiger partial charge in [-0.25, -0.2) is 0 Å². The van der Waals surface area contributed by atoms with Crippen molar-refractivity contribution in [3.63, 3.8) is 0 Å². The van der Waals surface area contributed by atoms with Gasteiger partial charge < -0.3 is 19.9 Å². The molecule has 6 rings (SSSR count). The molecule has 4 aromatic rings. The minimum Gasteiger partial charge on any atom is -0.378 e. The summed E-state index contributed by atoms with van der Waals surface area (Å²) in [6.07, 6.45) is 2.72. The topological polar surface area (TPSA) is 74.8 Å². The maximum absolute atomic E-state index is 13.4. The van der Waals surface area contributed by atoms with E-state index in [4.69, 9.17) is 4.74 Å². The molecule has 7 nitrogen and oxygen atoms in total. The maximum Gasteiger partial charge on any atom is 0.256 e. The van der Waals surface area contributed by atoms with Crippen molar-refractivity contribution in [2.75, 3.05) is 48.0 Å². The summed E-state index contributed by atoms with van der Waals surface area (Å²) in [7, 11) is 0. The average molecular weight is 519 g/mol. The van der Waals surface area contributed by atoms with E-state index in [1.165, 1.54) is 0 Å². The Bertz CT molecular complexity index is 1480. The van der Waals surface area contributed by atoms with E-state index in [2.05, 4.69) is 39.5 Å². The van der Waals surface area contributed by atoms with Crippen LogP contribution in [0, 0.1) is 0 Å². The number of morpholine rings is 1. The number of amides is 2. The van der Waals surface area contributed by atoms with Crippen LogP contribution >= 0.6 is 0 Å². The van der Waals surface area contributed by atoms with Crippen LogP contribution in [0.15, 0.2) is 91.1 Å². The maximum atomic E-state index is 13.4. The molecule has 39 heavy (non-hydrogen) atoms. The number of aromatic nitrogens is 1. The number of nitrogens with zero attached hydrogens (tertiary/aromatic N) is 3. The fraction of sp³-hybridized carbons (Fsp3) is 0.219. The first-order chi connectivity index (χ1) is 19.2. The van der Waals surface area contributed by atoms with Gasteiger partial charge in [0.25, 0.3) is 5.91 Å². The van der Waals surface area contributed by atoms with E-state index in [9.17, 15) is 9.59 Å². The predicted octanol–water partition coefficient (Wildman–Crippen LogP) is 4.97. The van der Waals surface area contributed by atoms with Crippen molar-refractivity contribution in [2.24, 2.45) is 0 Å². The van der Waals surface area contributed by atoms with E-state index in [-0.39, 0.29) is 18.2 Å². The second kappa shape index (κ2) is 11.1. The molecule has 1 aromatic heterocycles.